The first-order valence-electron chi connectivity index (χ1n) is 9.13. The van der Waals surface area contributed by atoms with Crippen LogP contribution in [-0.2, 0) is 6.42 Å². The molecule has 2 aromatic heterocycles. The van der Waals surface area contributed by atoms with Gasteiger partial charge >= 0.3 is 11.6 Å². The summed E-state index contributed by atoms with van der Waals surface area (Å²) < 4.78 is 28.3. The van der Waals surface area contributed by atoms with Crippen LogP contribution in [0.3, 0.4) is 0 Å². The quantitative estimate of drug-likeness (QED) is 0.474. The predicted molar refractivity (Wildman–Crippen MR) is 116 cm³/mol. The van der Waals surface area contributed by atoms with Crippen molar-refractivity contribution in [2.24, 2.45) is 15.1 Å². The van der Waals surface area contributed by atoms with E-state index in [2.05, 4.69) is 19.7 Å². The van der Waals surface area contributed by atoms with Crippen LogP contribution in [0.25, 0.3) is 11.0 Å². The number of hydrogen-bond donors (Lipinski definition) is 2. The molecule has 1 aromatic carbocycles. The third-order valence-corrected chi connectivity index (χ3v) is 4.98. The number of aliphatic imine (C=N–C) groups is 2. The lowest BCUT2D eigenvalue weighted by atomic mass is 10.00. The Hall–Kier alpha value is -3.24. The minimum absolute atomic E-state index is 0.0120. The zero-order valence-electron chi connectivity index (χ0n) is 16.0. The second-order valence-electron chi connectivity index (χ2n) is 6.55. The van der Waals surface area contributed by atoms with Crippen molar-refractivity contribution in [3.05, 3.63) is 63.4 Å². The van der Waals surface area contributed by atoms with E-state index < -0.39 is 11.4 Å². The maximum atomic E-state index is 14.6. The third-order valence-electron chi connectivity index (χ3n) is 4.67. The highest BCUT2D eigenvalue weighted by atomic mass is 32.2. The number of benzene rings is 1. The molecular formula is C20H18FN5O3S. The molecule has 0 unspecified atom stereocenters. The topological polar surface area (TPSA) is 115 Å². The van der Waals surface area contributed by atoms with Gasteiger partial charge in [-0.1, -0.05) is 0 Å². The highest BCUT2D eigenvalue weighted by Gasteiger charge is 2.17. The SMILES string of the molecule is Cc1c(Cc2ccnc(NSN)c2F)c(=O)oc2cc(OC3=NCCC=N3)ccc12. The molecule has 0 radical (unpaired) electrons. The number of fused-ring (bicyclic) bond motifs is 1. The number of anilines is 1. The monoisotopic (exact) mass is 427 g/mol. The number of nitrogens with zero attached hydrogens (tertiary/aromatic N) is 3. The van der Waals surface area contributed by atoms with E-state index in [1.807, 2.05) is 0 Å². The Morgan fingerprint density at radius 1 is 1.37 bits per heavy atom. The molecule has 10 heteroatoms. The number of nitrogens with two attached hydrogens (primary N) is 1. The average molecular weight is 427 g/mol. The van der Waals surface area contributed by atoms with Crippen LogP contribution in [0.15, 0.2) is 49.7 Å². The molecule has 3 heterocycles. The molecule has 3 N–H and O–H groups in total. The van der Waals surface area contributed by atoms with Gasteiger partial charge < -0.3 is 9.15 Å². The van der Waals surface area contributed by atoms with Crippen LogP contribution in [0.5, 0.6) is 5.75 Å². The maximum absolute atomic E-state index is 14.6. The molecule has 0 atom stereocenters. The molecule has 0 amide bonds. The first kappa shape index (κ1) is 20.0. The summed E-state index contributed by atoms with van der Waals surface area (Å²) in [6.07, 6.45) is 4.04. The van der Waals surface area contributed by atoms with Gasteiger partial charge in [-0.2, -0.15) is 0 Å². The van der Waals surface area contributed by atoms with Crippen LogP contribution in [0.2, 0.25) is 0 Å². The largest absolute Gasteiger partial charge is 0.424 e. The van der Waals surface area contributed by atoms with Gasteiger partial charge in [-0.15, -0.1) is 0 Å². The standard InChI is InChI=1S/C20H18FN5O3S/c1-11-14-4-3-13(28-20-24-6-2-7-25-20)10-16(14)29-19(27)15(11)9-12-5-8-23-18(17(12)21)26-30-22/h3-6,8,10H,2,7,9,22H2,1H3,(H,23,26). The molecule has 3 aromatic rings. The molecule has 30 heavy (non-hydrogen) atoms. The Morgan fingerprint density at radius 3 is 3.00 bits per heavy atom. The van der Waals surface area contributed by atoms with E-state index in [4.69, 9.17) is 14.3 Å². The lowest BCUT2D eigenvalue weighted by molar-refractivity contribution is 0.526. The van der Waals surface area contributed by atoms with Gasteiger partial charge in [-0.3, -0.25) is 9.86 Å². The van der Waals surface area contributed by atoms with Crippen molar-refractivity contribution < 1.29 is 13.5 Å². The lowest BCUT2D eigenvalue weighted by Crippen LogP contribution is -2.13. The molecule has 0 spiro atoms. The molecule has 8 nitrogen and oxygen atoms in total. The fourth-order valence-electron chi connectivity index (χ4n) is 3.15. The van der Waals surface area contributed by atoms with Crippen molar-refractivity contribution in [2.45, 2.75) is 19.8 Å². The lowest BCUT2D eigenvalue weighted by Gasteiger charge is -2.11. The Bertz CT molecular complexity index is 1230. The number of ether oxygens (including phenoxy) is 1. The van der Waals surface area contributed by atoms with Gasteiger partial charge in [0.05, 0.1) is 0 Å². The van der Waals surface area contributed by atoms with Crippen molar-refractivity contribution in [1.29, 1.82) is 0 Å². The van der Waals surface area contributed by atoms with Crippen LogP contribution in [0.1, 0.15) is 23.1 Å². The van der Waals surface area contributed by atoms with Crippen molar-refractivity contribution >= 4 is 41.2 Å². The van der Waals surface area contributed by atoms with Gasteiger partial charge in [0.1, 0.15) is 11.3 Å². The van der Waals surface area contributed by atoms with E-state index in [9.17, 15) is 9.18 Å². The molecule has 0 saturated heterocycles. The summed E-state index contributed by atoms with van der Waals surface area (Å²) in [7, 11) is 0. The molecule has 0 aliphatic carbocycles. The van der Waals surface area contributed by atoms with E-state index in [0.29, 0.717) is 34.6 Å². The van der Waals surface area contributed by atoms with Gasteiger partial charge in [0.25, 0.3) is 0 Å². The summed E-state index contributed by atoms with van der Waals surface area (Å²) in [5.41, 5.74) is 1.22. The molecule has 1 aliphatic heterocycles. The Balaban J connectivity index is 1.68. The van der Waals surface area contributed by atoms with Crippen LogP contribution >= 0.6 is 12.1 Å². The number of pyridine rings is 1. The van der Waals surface area contributed by atoms with Gasteiger partial charge in [0.15, 0.2) is 11.6 Å². The Morgan fingerprint density at radius 2 is 2.23 bits per heavy atom. The second-order valence-corrected chi connectivity index (χ2v) is 6.99. The number of nitrogens with one attached hydrogen (secondary N) is 1. The average Bonchev–Trinajstić information content (AvgIpc) is 2.74. The van der Waals surface area contributed by atoms with Gasteiger partial charge in [-0.25, -0.2) is 24.2 Å². The minimum Gasteiger partial charge on any atom is -0.424 e. The van der Waals surface area contributed by atoms with E-state index in [1.54, 1.807) is 31.3 Å². The summed E-state index contributed by atoms with van der Waals surface area (Å²) in [6, 6.07) is 6.95. The van der Waals surface area contributed by atoms with Crippen LogP contribution in [-0.4, -0.2) is 23.8 Å². The highest BCUT2D eigenvalue weighted by Crippen LogP contribution is 2.27. The summed E-state index contributed by atoms with van der Waals surface area (Å²) >= 11 is 0.744. The Kier molecular flexibility index (Phi) is 5.77. The number of amidine groups is 1. The zero-order valence-corrected chi connectivity index (χ0v) is 16.8. The fourth-order valence-corrected chi connectivity index (χ4v) is 3.40. The van der Waals surface area contributed by atoms with Crippen molar-refractivity contribution in [3.63, 3.8) is 0 Å². The highest BCUT2D eigenvalue weighted by molar-refractivity contribution is 7.98. The minimum atomic E-state index is -0.563. The number of aryl methyl sites for hydroxylation is 1. The van der Waals surface area contributed by atoms with E-state index in [1.165, 1.54) is 12.3 Å². The maximum Gasteiger partial charge on any atom is 0.340 e. The summed E-state index contributed by atoms with van der Waals surface area (Å²) in [6.45, 7) is 2.43. The molecule has 4 rings (SSSR count). The number of hydrogen-bond acceptors (Lipinski definition) is 9. The first-order valence-corrected chi connectivity index (χ1v) is 10.0. The Labute approximate surface area is 175 Å². The first-order chi connectivity index (χ1) is 14.6. The number of rotatable bonds is 5. The summed E-state index contributed by atoms with van der Waals surface area (Å²) in [4.78, 5) is 24.8. The molecule has 0 bridgehead atoms. The van der Waals surface area contributed by atoms with Crippen LogP contribution in [0.4, 0.5) is 10.2 Å². The van der Waals surface area contributed by atoms with Crippen LogP contribution in [0, 0.1) is 12.7 Å². The van der Waals surface area contributed by atoms with E-state index in [0.717, 1.165) is 23.9 Å². The normalized spacial score (nSPS) is 13.4. The molecule has 0 saturated carbocycles. The fraction of sp³-hybridized carbons (Fsp3) is 0.200. The van der Waals surface area contributed by atoms with E-state index in [-0.39, 0.29) is 18.3 Å². The molecule has 0 fully saturated rings. The zero-order chi connectivity index (χ0) is 21.1. The smallest absolute Gasteiger partial charge is 0.340 e. The van der Waals surface area contributed by atoms with Crippen LogP contribution < -0.4 is 20.2 Å². The molecular weight excluding hydrogens is 409 g/mol. The number of halogens is 1. The van der Waals surface area contributed by atoms with E-state index >= 15 is 0 Å². The molecule has 154 valence electrons. The van der Waals surface area contributed by atoms with Gasteiger partial charge in [-0.05, 0) is 36.2 Å². The van der Waals surface area contributed by atoms with Crippen molar-refractivity contribution in [2.75, 3.05) is 11.3 Å². The second kappa shape index (κ2) is 8.64. The summed E-state index contributed by atoms with van der Waals surface area (Å²) in [5.74, 6) is -0.0874. The van der Waals surface area contributed by atoms with Gasteiger partial charge in [0, 0.05) is 60.9 Å². The number of aromatic nitrogens is 1. The van der Waals surface area contributed by atoms with Crippen molar-refractivity contribution in [3.8, 4) is 5.75 Å². The van der Waals surface area contributed by atoms with Gasteiger partial charge in [0.2, 0.25) is 0 Å². The molecule has 1 aliphatic rings. The predicted octanol–water partition coefficient (Wildman–Crippen LogP) is 3.37. The third kappa shape index (κ3) is 4.05. The summed E-state index contributed by atoms with van der Waals surface area (Å²) in [5, 5.41) is 6.06. The van der Waals surface area contributed by atoms with Crippen molar-refractivity contribution in [1.82, 2.24) is 4.98 Å².